The van der Waals surface area contributed by atoms with E-state index in [-0.39, 0.29) is 11.2 Å². The minimum atomic E-state index is 0.151. The summed E-state index contributed by atoms with van der Waals surface area (Å²) in [6.45, 7) is 10.9. The van der Waals surface area contributed by atoms with Crippen molar-refractivity contribution in [2.24, 2.45) is 4.99 Å². The summed E-state index contributed by atoms with van der Waals surface area (Å²) in [4.78, 5) is 4.49. The van der Waals surface area contributed by atoms with E-state index in [4.69, 9.17) is 0 Å². The normalized spacial score (nSPS) is 12.0. The Bertz CT molecular complexity index is 941. The van der Waals surface area contributed by atoms with Crippen LogP contribution in [0.1, 0.15) is 43.3 Å². The summed E-state index contributed by atoms with van der Waals surface area (Å²) in [6, 6.07) is 17.9. The third-order valence-corrected chi connectivity index (χ3v) is 4.64. The lowest BCUT2D eigenvalue weighted by atomic mass is 9.87. The Morgan fingerprint density at radius 3 is 2.27 bits per heavy atom. The van der Waals surface area contributed by atoms with E-state index in [1.165, 1.54) is 11.3 Å². The summed E-state index contributed by atoms with van der Waals surface area (Å²) in [5.41, 5.74) is 6.77. The molecule has 0 aliphatic rings. The van der Waals surface area contributed by atoms with Gasteiger partial charge in [-0.15, -0.1) is 0 Å². The van der Waals surface area contributed by atoms with Gasteiger partial charge in [0.15, 0.2) is 0 Å². The maximum Gasteiger partial charge on any atom is 0.117 e. The number of aliphatic imine (C=N–C) groups is 1. The summed E-state index contributed by atoms with van der Waals surface area (Å²) < 4.78 is 2.25. The first-order chi connectivity index (χ1) is 12.3. The number of phenolic OH excluding ortho intramolecular Hbond substituents is 1. The van der Waals surface area contributed by atoms with Crippen LogP contribution in [0.2, 0.25) is 0 Å². The zero-order valence-corrected chi connectivity index (χ0v) is 16.1. The zero-order chi connectivity index (χ0) is 18.9. The van der Waals surface area contributed by atoms with Gasteiger partial charge in [-0.2, -0.15) is 0 Å². The van der Waals surface area contributed by atoms with E-state index in [1.807, 2.05) is 12.3 Å². The standard InChI is InChI=1S/C23H26N2O/c1-16-13-18(15-24-20-7-6-8-22(26)14-20)17(2)25(16)21-11-9-19(10-12-21)23(3,4)5/h6-15,26H,1-5H3. The maximum atomic E-state index is 9.56. The molecule has 3 nitrogen and oxygen atoms in total. The topological polar surface area (TPSA) is 37.5 Å². The molecule has 0 radical (unpaired) electrons. The molecule has 3 aromatic rings. The van der Waals surface area contributed by atoms with Gasteiger partial charge in [-0.3, -0.25) is 4.99 Å². The van der Waals surface area contributed by atoms with Gasteiger partial charge in [-0.25, -0.2) is 0 Å². The second-order valence-corrected chi connectivity index (χ2v) is 7.74. The fraction of sp³-hybridized carbons (Fsp3) is 0.261. The van der Waals surface area contributed by atoms with Crippen LogP contribution in [0.25, 0.3) is 5.69 Å². The number of aromatic nitrogens is 1. The van der Waals surface area contributed by atoms with Crippen molar-refractivity contribution < 1.29 is 5.11 Å². The van der Waals surface area contributed by atoms with E-state index in [1.54, 1.807) is 18.2 Å². The number of benzene rings is 2. The van der Waals surface area contributed by atoms with E-state index in [9.17, 15) is 5.11 Å². The van der Waals surface area contributed by atoms with Crippen LogP contribution in [0.15, 0.2) is 59.6 Å². The minimum Gasteiger partial charge on any atom is -0.508 e. The fourth-order valence-electron chi connectivity index (χ4n) is 3.14. The highest BCUT2D eigenvalue weighted by atomic mass is 16.3. The third kappa shape index (κ3) is 3.72. The van der Waals surface area contributed by atoms with Crippen molar-refractivity contribution in [3.63, 3.8) is 0 Å². The average Bonchev–Trinajstić information content (AvgIpc) is 2.86. The maximum absolute atomic E-state index is 9.56. The van der Waals surface area contributed by atoms with Gasteiger partial charge in [0.25, 0.3) is 0 Å². The monoisotopic (exact) mass is 346 g/mol. The second kappa shape index (κ2) is 6.83. The van der Waals surface area contributed by atoms with E-state index >= 15 is 0 Å². The highest BCUT2D eigenvalue weighted by molar-refractivity contribution is 5.84. The first-order valence-electron chi connectivity index (χ1n) is 8.88. The van der Waals surface area contributed by atoms with Crippen molar-refractivity contribution in [2.75, 3.05) is 0 Å². The Morgan fingerprint density at radius 1 is 0.962 bits per heavy atom. The zero-order valence-electron chi connectivity index (χ0n) is 16.1. The molecule has 0 aliphatic heterocycles. The van der Waals surface area contributed by atoms with Crippen LogP contribution in [0.5, 0.6) is 5.75 Å². The number of aromatic hydroxyl groups is 1. The quantitative estimate of drug-likeness (QED) is 0.594. The van der Waals surface area contributed by atoms with Gasteiger partial charge < -0.3 is 9.67 Å². The number of nitrogens with zero attached hydrogens (tertiary/aromatic N) is 2. The van der Waals surface area contributed by atoms with Gasteiger partial charge in [0.2, 0.25) is 0 Å². The molecular weight excluding hydrogens is 320 g/mol. The molecule has 0 amide bonds. The molecule has 3 heteroatoms. The molecule has 0 unspecified atom stereocenters. The summed E-state index contributed by atoms with van der Waals surface area (Å²) in [6.07, 6.45) is 1.86. The second-order valence-electron chi connectivity index (χ2n) is 7.74. The van der Waals surface area contributed by atoms with Gasteiger partial charge in [0.05, 0.1) is 5.69 Å². The Kier molecular flexibility index (Phi) is 4.73. The van der Waals surface area contributed by atoms with Crippen LogP contribution in [0.4, 0.5) is 5.69 Å². The number of phenols is 1. The fourth-order valence-corrected chi connectivity index (χ4v) is 3.14. The van der Waals surface area contributed by atoms with Crippen LogP contribution in [-0.2, 0) is 5.41 Å². The molecule has 1 N–H and O–H groups in total. The highest BCUT2D eigenvalue weighted by Crippen LogP contribution is 2.26. The smallest absolute Gasteiger partial charge is 0.117 e. The third-order valence-electron chi connectivity index (χ3n) is 4.64. The molecule has 0 atom stereocenters. The Morgan fingerprint density at radius 2 is 1.65 bits per heavy atom. The minimum absolute atomic E-state index is 0.151. The lowest BCUT2D eigenvalue weighted by Gasteiger charge is -2.20. The molecule has 0 fully saturated rings. The highest BCUT2D eigenvalue weighted by Gasteiger charge is 2.14. The van der Waals surface area contributed by atoms with Crippen LogP contribution >= 0.6 is 0 Å². The summed E-state index contributed by atoms with van der Waals surface area (Å²) in [7, 11) is 0. The average molecular weight is 346 g/mol. The molecule has 1 aromatic heterocycles. The van der Waals surface area contributed by atoms with Crippen molar-refractivity contribution in [3.8, 4) is 11.4 Å². The molecule has 26 heavy (non-hydrogen) atoms. The van der Waals surface area contributed by atoms with E-state index in [0.717, 1.165) is 22.6 Å². The SMILES string of the molecule is Cc1cc(C=Nc2cccc(O)c2)c(C)n1-c1ccc(C(C)(C)C)cc1. The van der Waals surface area contributed by atoms with Gasteiger partial charge in [0.1, 0.15) is 5.75 Å². The van der Waals surface area contributed by atoms with E-state index in [0.29, 0.717) is 0 Å². The van der Waals surface area contributed by atoms with Crippen LogP contribution in [0.3, 0.4) is 0 Å². The lowest BCUT2D eigenvalue weighted by molar-refractivity contribution is 0.475. The van der Waals surface area contributed by atoms with Crippen molar-refractivity contribution in [2.45, 2.75) is 40.0 Å². The van der Waals surface area contributed by atoms with Crippen molar-refractivity contribution in [3.05, 3.63) is 77.1 Å². The molecule has 1 heterocycles. The molecule has 3 rings (SSSR count). The van der Waals surface area contributed by atoms with Crippen LogP contribution in [-0.4, -0.2) is 15.9 Å². The molecular formula is C23H26N2O. The Hall–Kier alpha value is -2.81. The van der Waals surface area contributed by atoms with Gasteiger partial charge in [-0.1, -0.05) is 39.0 Å². The largest absolute Gasteiger partial charge is 0.508 e. The van der Waals surface area contributed by atoms with E-state index in [2.05, 4.69) is 74.5 Å². The predicted octanol–water partition coefficient (Wildman–Crippen LogP) is 5.85. The summed E-state index contributed by atoms with van der Waals surface area (Å²) >= 11 is 0. The molecule has 0 aliphatic carbocycles. The van der Waals surface area contributed by atoms with Gasteiger partial charge in [-0.05, 0) is 55.2 Å². The molecule has 0 bridgehead atoms. The van der Waals surface area contributed by atoms with Crippen molar-refractivity contribution >= 4 is 11.9 Å². The molecule has 134 valence electrons. The summed E-state index contributed by atoms with van der Waals surface area (Å²) in [5, 5.41) is 9.56. The van der Waals surface area contributed by atoms with Gasteiger partial charge >= 0.3 is 0 Å². The summed E-state index contributed by atoms with van der Waals surface area (Å²) in [5.74, 6) is 0.226. The molecule has 0 saturated heterocycles. The van der Waals surface area contributed by atoms with E-state index < -0.39 is 0 Å². The van der Waals surface area contributed by atoms with Crippen molar-refractivity contribution in [1.82, 2.24) is 4.57 Å². The number of hydrogen-bond acceptors (Lipinski definition) is 2. The molecule has 0 saturated carbocycles. The predicted molar refractivity (Wildman–Crippen MR) is 109 cm³/mol. The number of aryl methyl sites for hydroxylation is 1. The lowest BCUT2D eigenvalue weighted by Crippen LogP contribution is -2.11. The van der Waals surface area contributed by atoms with Crippen molar-refractivity contribution in [1.29, 1.82) is 0 Å². The number of rotatable bonds is 3. The first-order valence-corrected chi connectivity index (χ1v) is 8.88. The molecule has 2 aromatic carbocycles. The first kappa shape index (κ1) is 18.0. The van der Waals surface area contributed by atoms with Crippen LogP contribution < -0.4 is 0 Å². The van der Waals surface area contributed by atoms with Crippen LogP contribution in [0, 0.1) is 13.8 Å². The Balaban J connectivity index is 1.93. The molecule has 0 spiro atoms. The number of hydrogen-bond donors (Lipinski definition) is 1. The van der Waals surface area contributed by atoms with Gasteiger partial charge in [0, 0.05) is 34.9 Å². The Labute approximate surface area is 155 Å².